The van der Waals surface area contributed by atoms with Crippen LogP contribution >= 0.6 is 12.4 Å². The molecule has 1 rings (SSSR count). The van der Waals surface area contributed by atoms with E-state index >= 15 is 0 Å². The predicted molar refractivity (Wildman–Crippen MR) is 80.6 cm³/mol. The molecule has 1 unspecified atom stereocenters. The molecule has 0 saturated carbocycles. The molecule has 0 fully saturated rings. The second kappa shape index (κ2) is 8.52. The van der Waals surface area contributed by atoms with E-state index < -0.39 is 0 Å². The van der Waals surface area contributed by atoms with Gasteiger partial charge in [-0.1, -0.05) is 37.6 Å². The van der Waals surface area contributed by atoms with Crippen molar-refractivity contribution in [3.8, 4) is 0 Å². The molecule has 18 heavy (non-hydrogen) atoms. The molecule has 1 atom stereocenters. The van der Waals surface area contributed by atoms with Crippen molar-refractivity contribution >= 4 is 12.4 Å². The number of aryl methyl sites for hydroxylation is 2. The predicted octanol–water partition coefficient (Wildman–Crippen LogP) is 2.87. The molecule has 0 aromatic heterocycles. The van der Waals surface area contributed by atoms with E-state index in [1.54, 1.807) is 0 Å². The van der Waals surface area contributed by atoms with Crippen LogP contribution in [0.4, 0.5) is 0 Å². The molecule has 1 aromatic carbocycles. The summed E-state index contributed by atoms with van der Waals surface area (Å²) in [6.45, 7) is 10.2. The van der Waals surface area contributed by atoms with E-state index in [-0.39, 0.29) is 18.5 Å². The molecule has 3 heteroatoms. The lowest BCUT2D eigenvalue weighted by Gasteiger charge is -2.15. The number of benzene rings is 1. The summed E-state index contributed by atoms with van der Waals surface area (Å²) < 4.78 is 0. The normalized spacial score (nSPS) is 12.3. The third-order valence-electron chi connectivity index (χ3n) is 2.89. The van der Waals surface area contributed by atoms with Crippen molar-refractivity contribution < 1.29 is 5.11 Å². The Morgan fingerprint density at radius 3 is 2.44 bits per heavy atom. The van der Waals surface area contributed by atoms with Crippen molar-refractivity contribution in [2.75, 3.05) is 13.1 Å². The van der Waals surface area contributed by atoms with Crippen molar-refractivity contribution in [1.29, 1.82) is 0 Å². The maximum atomic E-state index is 9.97. The van der Waals surface area contributed by atoms with Crippen LogP contribution in [0.15, 0.2) is 18.2 Å². The lowest BCUT2D eigenvalue weighted by Crippen LogP contribution is -2.31. The van der Waals surface area contributed by atoms with E-state index in [0.29, 0.717) is 12.5 Å². The number of aliphatic hydroxyl groups is 1. The minimum absolute atomic E-state index is 0. The minimum Gasteiger partial charge on any atom is -0.391 e. The highest BCUT2D eigenvalue weighted by atomic mass is 35.5. The first kappa shape index (κ1) is 17.4. The van der Waals surface area contributed by atoms with Crippen LogP contribution in [0.2, 0.25) is 0 Å². The summed E-state index contributed by atoms with van der Waals surface area (Å²) in [5.41, 5.74) is 3.77. The molecule has 0 saturated heterocycles. The Balaban J connectivity index is 0.00000289. The third kappa shape index (κ3) is 6.39. The molecule has 0 aliphatic heterocycles. The van der Waals surface area contributed by atoms with Gasteiger partial charge in [-0.2, -0.15) is 0 Å². The zero-order valence-corrected chi connectivity index (χ0v) is 12.7. The topological polar surface area (TPSA) is 32.3 Å². The van der Waals surface area contributed by atoms with Crippen molar-refractivity contribution in [3.05, 3.63) is 34.9 Å². The van der Waals surface area contributed by atoms with Crippen molar-refractivity contribution in [2.24, 2.45) is 5.92 Å². The van der Waals surface area contributed by atoms with Gasteiger partial charge in [-0.25, -0.2) is 0 Å². The van der Waals surface area contributed by atoms with Crippen molar-refractivity contribution in [3.63, 3.8) is 0 Å². The second-order valence-corrected chi connectivity index (χ2v) is 5.34. The van der Waals surface area contributed by atoms with Crippen molar-refractivity contribution in [2.45, 2.75) is 40.2 Å². The largest absolute Gasteiger partial charge is 0.391 e. The molecule has 0 radical (unpaired) electrons. The molecule has 0 bridgehead atoms. The molecule has 1 aromatic rings. The molecule has 0 heterocycles. The van der Waals surface area contributed by atoms with Gasteiger partial charge in [0.1, 0.15) is 0 Å². The Hall–Kier alpha value is -0.570. The molecule has 0 amide bonds. The summed E-state index contributed by atoms with van der Waals surface area (Å²) in [4.78, 5) is 0. The van der Waals surface area contributed by atoms with E-state index in [1.807, 2.05) is 0 Å². The number of nitrogens with one attached hydrogen (secondary N) is 1. The Morgan fingerprint density at radius 1 is 1.17 bits per heavy atom. The van der Waals surface area contributed by atoms with Gasteiger partial charge >= 0.3 is 0 Å². The first-order valence-electron chi connectivity index (χ1n) is 6.44. The van der Waals surface area contributed by atoms with Crippen molar-refractivity contribution in [1.82, 2.24) is 5.32 Å². The van der Waals surface area contributed by atoms with Gasteiger partial charge in [-0.05, 0) is 43.9 Å². The SMILES string of the molecule is Cc1ccc(C)c(CC(O)CNCC(C)C)c1.Cl. The molecule has 0 spiro atoms. The Morgan fingerprint density at radius 2 is 1.83 bits per heavy atom. The van der Waals surface area contributed by atoms with E-state index in [9.17, 15) is 5.11 Å². The Labute approximate surface area is 117 Å². The average Bonchev–Trinajstić information content (AvgIpc) is 2.23. The minimum atomic E-state index is -0.297. The van der Waals surface area contributed by atoms with Gasteiger partial charge in [0, 0.05) is 6.54 Å². The number of aliphatic hydroxyl groups excluding tert-OH is 1. The van der Waals surface area contributed by atoms with Crippen LogP contribution in [0.1, 0.15) is 30.5 Å². The van der Waals surface area contributed by atoms with Gasteiger partial charge in [-0.15, -0.1) is 12.4 Å². The molecule has 0 aliphatic rings. The number of rotatable bonds is 6. The average molecular weight is 272 g/mol. The Bertz CT molecular complexity index is 352. The van der Waals surface area contributed by atoms with Gasteiger partial charge in [0.05, 0.1) is 6.10 Å². The van der Waals surface area contributed by atoms with Crippen LogP contribution in [-0.4, -0.2) is 24.3 Å². The van der Waals surface area contributed by atoms with Crippen LogP contribution < -0.4 is 5.32 Å². The highest BCUT2D eigenvalue weighted by molar-refractivity contribution is 5.85. The van der Waals surface area contributed by atoms with Crippen LogP contribution in [0.3, 0.4) is 0 Å². The van der Waals surface area contributed by atoms with E-state index in [1.165, 1.54) is 16.7 Å². The maximum absolute atomic E-state index is 9.97. The quantitative estimate of drug-likeness (QED) is 0.834. The highest BCUT2D eigenvalue weighted by Gasteiger charge is 2.07. The fraction of sp³-hybridized carbons (Fsp3) is 0.600. The molecular weight excluding hydrogens is 246 g/mol. The lowest BCUT2D eigenvalue weighted by atomic mass is 10.00. The summed E-state index contributed by atoms with van der Waals surface area (Å²) in [5, 5.41) is 13.3. The molecule has 0 aliphatic carbocycles. The van der Waals surface area contributed by atoms with E-state index in [4.69, 9.17) is 0 Å². The summed E-state index contributed by atoms with van der Waals surface area (Å²) in [7, 11) is 0. The van der Waals surface area contributed by atoms with Crippen LogP contribution in [0.25, 0.3) is 0 Å². The fourth-order valence-electron chi connectivity index (χ4n) is 1.88. The summed E-state index contributed by atoms with van der Waals surface area (Å²) >= 11 is 0. The second-order valence-electron chi connectivity index (χ2n) is 5.34. The van der Waals surface area contributed by atoms with Gasteiger partial charge < -0.3 is 10.4 Å². The van der Waals surface area contributed by atoms with Gasteiger partial charge in [0.2, 0.25) is 0 Å². The zero-order valence-electron chi connectivity index (χ0n) is 11.9. The fourth-order valence-corrected chi connectivity index (χ4v) is 1.88. The van der Waals surface area contributed by atoms with Gasteiger partial charge in [-0.3, -0.25) is 0 Å². The Kier molecular flexibility index (Phi) is 8.25. The molecule has 2 N–H and O–H groups in total. The molecular formula is C15H26ClNO. The summed E-state index contributed by atoms with van der Waals surface area (Å²) in [6, 6.07) is 6.40. The van der Waals surface area contributed by atoms with E-state index in [2.05, 4.69) is 51.2 Å². The first-order valence-corrected chi connectivity index (χ1v) is 6.44. The summed E-state index contributed by atoms with van der Waals surface area (Å²) in [5.74, 6) is 0.628. The highest BCUT2D eigenvalue weighted by Crippen LogP contribution is 2.12. The summed E-state index contributed by atoms with van der Waals surface area (Å²) in [6.07, 6.45) is 0.438. The van der Waals surface area contributed by atoms with Gasteiger partial charge in [0.25, 0.3) is 0 Å². The number of halogens is 1. The van der Waals surface area contributed by atoms with Crippen LogP contribution in [-0.2, 0) is 6.42 Å². The van der Waals surface area contributed by atoms with Crippen LogP contribution in [0.5, 0.6) is 0 Å². The number of hydrogen-bond donors (Lipinski definition) is 2. The smallest absolute Gasteiger partial charge is 0.0704 e. The van der Waals surface area contributed by atoms with E-state index in [0.717, 1.165) is 13.0 Å². The van der Waals surface area contributed by atoms with Crippen LogP contribution in [0, 0.1) is 19.8 Å². The maximum Gasteiger partial charge on any atom is 0.0704 e. The lowest BCUT2D eigenvalue weighted by molar-refractivity contribution is 0.170. The first-order chi connectivity index (χ1) is 7.99. The third-order valence-corrected chi connectivity index (χ3v) is 2.89. The number of hydrogen-bond acceptors (Lipinski definition) is 2. The molecule has 104 valence electrons. The standard InChI is InChI=1S/C15H25NO.ClH/c1-11(2)9-16-10-15(17)8-14-7-12(3)5-6-13(14)4;/h5-7,11,15-17H,8-10H2,1-4H3;1H. The monoisotopic (exact) mass is 271 g/mol. The molecule has 2 nitrogen and oxygen atoms in total. The zero-order chi connectivity index (χ0) is 12.8. The van der Waals surface area contributed by atoms with Gasteiger partial charge in [0.15, 0.2) is 0 Å².